The van der Waals surface area contributed by atoms with Gasteiger partial charge in [0.1, 0.15) is 10.8 Å². The number of carbonyl (C=O) groups excluding carboxylic acids is 2. The van der Waals surface area contributed by atoms with Crippen molar-refractivity contribution in [3.8, 4) is 0 Å². The van der Waals surface area contributed by atoms with Gasteiger partial charge in [-0.15, -0.1) is 11.3 Å². The summed E-state index contributed by atoms with van der Waals surface area (Å²) in [4.78, 5) is 38.5. The van der Waals surface area contributed by atoms with Gasteiger partial charge in [0.25, 0.3) is 5.91 Å². The van der Waals surface area contributed by atoms with E-state index in [4.69, 9.17) is 4.42 Å². The summed E-state index contributed by atoms with van der Waals surface area (Å²) in [7, 11) is 0. The maximum absolute atomic E-state index is 12.9. The number of fused-ring (bicyclic) bond motifs is 1. The van der Waals surface area contributed by atoms with Gasteiger partial charge in [-0.2, -0.15) is 0 Å². The molecule has 0 radical (unpaired) electrons. The molecule has 0 unspecified atom stereocenters. The molecule has 29 heavy (non-hydrogen) atoms. The SMILES string of the molecule is O=C(NCc1ccco1)c1c(NC(=O)[C@@H]2CCCC[C@H]2C(=O)O)sc2c1CCC2. The fourth-order valence-electron chi connectivity index (χ4n) is 4.35. The van der Waals surface area contributed by atoms with Crippen LogP contribution in [0.15, 0.2) is 22.8 Å². The van der Waals surface area contributed by atoms with Gasteiger partial charge < -0.3 is 20.2 Å². The lowest BCUT2D eigenvalue weighted by molar-refractivity contribution is -0.147. The van der Waals surface area contributed by atoms with E-state index in [1.807, 2.05) is 0 Å². The van der Waals surface area contributed by atoms with E-state index in [2.05, 4.69) is 10.6 Å². The molecular weight excluding hydrogens is 392 g/mol. The number of hydrogen-bond acceptors (Lipinski definition) is 5. The number of rotatable bonds is 6. The predicted octanol–water partition coefficient (Wildman–Crippen LogP) is 3.59. The van der Waals surface area contributed by atoms with Crippen LogP contribution in [0.4, 0.5) is 5.00 Å². The van der Waals surface area contributed by atoms with Crippen LogP contribution in [0.5, 0.6) is 0 Å². The molecule has 2 aromatic rings. The Labute approximate surface area is 172 Å². The van der Waals surface area contributed by atoms with Crippen molar-refractivity contribution in [1.82, 2.24) is 5.32 Å². The van der Waals surface area contributed by atoms with Gasteiger partial charge in [-0.25, -0.2) is 0 Å². The van der Waals surface area contributed by atoms with Crippen LogP contribution in [-0.2, 0) is 29.0 Å². The standard InChI is InChI=1S/C21H24N2O5S/c24-18(13-6-1-2-7-14(13)21(26)27)23-20-17(15-8-3-9-16(15)29-20)19(25)22-11-12-5-4-10-28-12/h4-5,10,13-14H,1-3,6-9,11H2,(H,22,25)(H,23,24)(H,26,27)/t13-,14-/m1/s1. The molecule has 1 fully saturated rings. The molecular formula is C21H24N2O5S. The number of aliphatic carboxylic acids is 1. The minimum atomic E-state index is -0.921. The second-order valence-electron chi connectivity index (χ2n) is 7.65. The van der Waals surface area contributed by atoms with E-state index in [1.165, 1.54) is 11.3 Å². The Bertz CT molecular complexity index is 918. The van der Waals surface area contributed by atoms with Crippen molar-refractivity contribution in [3.63, 3.8) is 0 Å². The molecule has 0 aromatic carbocycles. The van der Waals surface area contributed by atoms with Gasteiger partial charge in [-0.1, -0.05) is 12.8 Å². The topological polar surface area (TPSA) is 109 Å². The van der Waals surface area contributed by atoms with E-state index in [0.29, 0.717) is 29.2 Å². The van der Waals surface area contributed by atoms with Gasteiger partial charge in [-0.05, 0) is 49.8 Å². The Morgan fingerprint density at radius 3 is 2.66 bits per heavy atom. The summed E-state index contributed by atoms with van der Waals surface area (Å²) in [5, 5.41) is 15.8. The number of nitrogens with one attached hydrogen (secondary N) is 2. The number of thiophene rings is 1. The van der Waals surface area contributed by atoms with Crippen molar-refractivity contribution in [2.24, 2.45) is 11.8 Å². The number of amides is 2. The molecule has 0 aliphatic heterocycles. The molecule has 2 aromatic heterocycles. The van der Waals surface area contributed by atoms with Crippen molar-refractivity contribution in [2.45, 2.75) is 51.5 Å². The van der Waals surface area contributed by atoms with Crippen LogP contribution < -0.4 is 10.6 Å². The second kappa shape index (κ2) is 8.41. The summed E-state index contributed by atoms with van der Waals surface area (Å²) in [5.41, 5.74) is 1.52. The number of furan rings is 1. The molecule has 1 saturated carbocycles. The van der Waals surface area contributed by atoms with Crippen LogP contribution in [0.2, 0.25) is 0 Å². The number of aryl methyl sites for hydroxylation is 1. The summed E-state index contributed by atoms with van der Waals surface area (Å²) in [6, 6.07) is 3.55. The average molecular weight is 416 g/mol. The fraction of sp³-hybridized carbons (Fsp3) is 0.476. The maximum atomic E-state index is 12.9. The third-order valence-electron chi connectivity index (χ3n) is 5.81. The Hall–Kier alpha value is -2.61. The lowest BCUT2D eigenvalue weighted by Crippen LogP contribution is -2.36. The Morgan fingerprint density at radius 1 is 1.14 bits per heavy atom. The minimum absolute atomic E-state index is 0.241. The molecule has 2 aliphatic rings. The molecule has 2 heterocycles. The number of anilines is 1. The molecule has 0 spiro atoms. The molecule has 3 N–H and O–H groups in total. The van der Waals surface area contributed by atoms with Gasteiger partial charge >= 0.3 is 5.97 Å². The van der Waals surface area contributed by atoms with Crippen LogP contribution in [0, 0.1) is 11.8 Å². The summed E-state index contributed by atoms with van der Waals surface area (Å²) in [6.07, 6.45) is 7.02. The zero-order valence-corrected chi connectivity index (χ0v) is 16.8. The first kappa shape index (κ1) is 19.7. The van der Waals surface area contributed by atoms with E-state index in [-0.39, 0.29) is 18.4 Å². The summed E-state index contributed by atoms with van der Waals surface area (Å²) in [6.45, 7) is 0.271. The van der Waals surface area contributed by atoms with Gasteiger partial charge in [0.15, 0.2) is 0 Å². The number of carbonyl (C=O) groups is 3. The lowest BCUT2D eigenvalue weighted by Gasteiger charge is -2.27. The molecule has 7 nitrogen and oxygen atoms in total. The van der Waals surface area contributed by atoms with Crippen molar-refractivity contribution >= 4 is 34.1 Å². The van der Waals surface area contributed by atoms with Crippen molar-refractivity contribution in [1.29, 1.82) is 0 Å². The first-order valence-electron chi connectivity index (χ1n) is 10.0. The molecule has 2 amide bonds. The van der Waals surface area contributed by atoms with Crippen LogP contribution in [0.1, 0.15) is 58.7 Å². The number of carboxylic acids is 1. The van der Waals surface area contributed by atoms with Crippen molar-refractivity contribution in [2.75, 3.05) is 5.32 Å². The van der Waals surface area contributed by atoms with Crippen molar-refractivity contribution < 1.29 is 23.9 Å². The monoisotopic (exact) mass is 416 g/mol. The van der Waals surface area contributed by atoms with Crippen LogP contribution >= 0.6 is 11.3 Å². The summed E-state index contributed by atoms with van der Waals surface area (Å²) >= 11 is 1.44. The van der Waals surface area contributed by atoms with Gasteiger partial charge in [0, 0.05) is 4.88 Å². The normalized spacial score (nSPS) is 20.8. The van der Waals surface area contributed by atoms with Crippen LogP contribution in [0.3, 0.4) is 0 Å². The second-order valence-corrected chi connectivity index (χ2v) is 8.75. The number of hydrogen-bond donors (Lipinski definition) is 3. The smallest absolute Gasteiger partial charge is 0.307 e. The van der Waals surface area contributed by atoms with Crippen LogP contribution in [-0.4, -0.2) is 22.9 Å². The summed E-state index contributed by atoms with van der Waals surface area (Å²) in [5.74, 6) is -2.02. The molecule has 0 bridgehead atoms. The average Bonchev–Trinajstić information content (AvgIpc) is 3.43. The van der Waals surface area contributed by atoms with E-state index in [1.54, 1.807) is 18.4 Å². The highest BCUT2D eigenvalue weighted by Crippen LogP contribution is 2.40. The van der Waals surface area contributed by atoms with E-state index in [9.17, 15) is 19.5 Å². The van der Waals surface area contributed by atoms with E-state index < -0.39 is 17.8 Å². The van der Waals surface area contributed by atoms with E-state index >= 15 is 0 Å². The fourth-order valence-corrected chi connectivity index (χ4v) is 5.64. The molecule has 8 heteroatoms. The number of carboxylic acid groups (broad SMARTS) is 1. The zero-order chi connectivity index (χ0) is 20.4. The van der Waals surface area contributed by atoms with Crippen LogP contribution in [0.25, 0.3) is 0 Å². The highest BCUT2D eigenvalue weighted by molar-refractivity contribution is 7.17. The quantitative estimate of drug-likeness (QED) is 0.667. The first-order valence-corrected chi connectivity index (χ1v) is 10.8. The summed E-state index contributed by atoms with van der Waals surface area (Å²) < 4.78 is 5.26. The maximum Gasteiger partial charge on any atom is 0.307 e. The van der Waals surface area contributed by atoms with Gasteiger partial charge in [-0.3, -0.25) is 14.4 Å². The zero-order valence-electron chi connectivity index (χ0n) is 16.0. The molecule has 154 valence electrons. The minimum Gasteiger partial charge on any atom is -0.481 e. The largest absolute Gasteiger partial charge is 0.481 e. The molecule has 4 rings (SSSR count). The molecule has 2 atom stereocenters. The molecule has 2 aliphatic carbocycles. The molecule has 0 saturated heterocycles. The third kappa shape index (κ3) is 4.07. The first-order chi connectivity index (χ1) is 14.0. The Balaban J connectivity index is 1.53. The Kier molecular flexibility index (Phi) is 5.71. The van der Waals surface area contributed by atoms with Gasteiger partial charge in [0.2, 0.25) is 5.91 Å². The Morgan fingerprint density at radius 2 is 1.93 bits per heavy atom. The van der Waals surface area contributed by atoms with Gasteiger partial charge in [0.05, 0.1) is 30.2 Å². The van der Waals surface area contributed by atoms with E-state index in [0.717, 1.165) is 42.5 Å². The highest BCUT2D eigenvalue weighted by atomic mass is 32.1. The van der Waals surface area contributed by atoms with Crippen molar-refractivity contribution in [3.05, 3.63) is 40.2 Å². The predicted molar refractivity (Wildman–Crippen MR) is 108 cm³/mol. The lowest BCUT2D eigenvalue weighted by atomic mass is 9.79. The highest BCUT2D eigenvalue weighted by Gasteiger charge is 2.37. The third-order valence-corrected chi connectivity index (χ3v) is 7.02.